The van der Waals surface area contributed by atoms with Gasteiger partial charge in [0.1, 0.15) is 4.90 Å². The van der Waals surface area contributed by atoms with E-state index >= 15 is 0 Å². The molecule has 0 saturated carbocycles. The Hall–Kier alpha value is -1.90. The van der Waals surface area contributed by atoms with Crippen LogP contribution < -0.4 is 5.73 Å². The molecular formula is C12H11N3O3S2. The number of thiol groups is 1. The summed E-state index contributed by atoms with van der Waals surface area (Å²) in [4.78, 5) is 0.407. The van der Waals surface area contributed by atoms with Crippen LogP contribution >= 0.6 is 12.6 Å². The van der Waals surface area contributed by atoms with E-state index in [2.05, 4.69) is 22.9 Å². The van der Waals surface area contributed by atoms with E-state index in [9.17, 15) is 8.42 Å². The molecule has 2 rings (SSSR count). The number of azo groups is 1. The number of hydrogen-bond donors (Lipinski definition) is 3. The normalized spacial score (nSPS) is 11.9. The fourth-order valence-electron chi connectivity index (χ4n) is 1.44. The van der Waals surface area contributed by atoms with Crippen LogP contribution in [0.5, 0.6) is 0 Å². The van der Waals surface area contributed by atoms with Crippen LogP contribution in [-0.2, 0) is 10.1 Å². The molecule has 0 spiro atoms. The highest BCUT2D eigenvalue weighted by molar-refractivity contribution is 7.86. The maximum absolute atomic E-state index is 11.1. The number of nitrogens with zero attached hydrogens (tertiary/aromatic N) is 2. The van der Waals surface area contributed by atoms with Crippen molar-refractivity contribution in [2.45, 2.75) is 9.79 Å². The smallest absolute Gasteiger partial charge is 0.296 e. The van der Waals surface area contributed by atoms with Crippen LogP contribution in [0.1, 0.15) is 0 Å². The Kier molecular flexibility index (Phi) is 4.07. The minimum atomic E-state index is -4.38. The number of anilines is 1. The molecule has 0 aliphatic carbocycles. The number of benzene rings is 2. The summed E-state index contributed by atoms with van der Waals surface area (Å²) >= 11 is 4.15. The van der Waals surface area contributed by atoms with Crippen molar-refractivity contribution in [1.29, 1.82) is 0 Å². The van der Waals surface area contributed by atoms with E-state index in [4.69, 9.17) is 10.3 Å². The molecule has 0 bridgehead atoms. The lowest BCUT2D eigenvalue weighted by atomic mass is 10.3. The monoisotopic (exact) mass is 309 g/mol. The fourth-order valence-corrected chi connectivity index (χ4v) is 2.23. The average molecular weight is 309 g/mol. The Morgan fingerprint density at radius 2 is 1.55 bits per heavy atom. The first-order valence-corrected chi connectivity index (χ1v) is 7.33. The van der Waals surface area contributed by atoms with Gasteiger partial charge in [0, 0.05) is 4.90 Å². The highest BCUT2D eigenvalue weighted by atomic mass is 32.2. The number of hydrogen-bond acceptors (Lipinski definition) is 6. The molecule has 0 saturated heterocycles. The molecule has 2 aromatic rings. The Labute approximate surface area is 121 Å². The van der Waals surface area contributed by atoms with Crippen molar-refractivity contribution >= 4 is 39.8 Å². The predicted octanol–water partition coefficient (Wildman–Crippen LogP) is 3.22. The van der Waals surface area contributed by atoms with Crippen LogP contribution in [0.2, 0.25) is 0 Å². The Morgan fingerprint density at radius 1 is 1.00 bits per heavy atom. The molecule has 6 nitrogen and oxygen atoms in total. The zero-order valence-corrected chi connectivity index (χ0v) is 11.8. The van der Waals surface area contributed by atoms with Crippen molar-refractivity contribution in [1.82, 2.24) is 0 Å². The van der Waals surface area contributed by atoms with Crippen LogP contribution in [0.25, 0.3) is 0 Å². The second-order valence-electron chi connectivity index (χ2n) is 3.91. The van der Waals surface area contributed by atoms with E-state index < -0.39 is 10.1 Å². The standard InChI is InChI=1S/C12H11N3O3S2/c13-11-6-3-9(7-12(11)20(16,17)18)15-14-8-1-4-10(19)5-2-8/h1-7,19H,13H2,(H,16,17,18). The lowest BCUT2D eigenvalue weighted by Gasteiger charge is -2.02. The van der Waals surface area contributed by atoms with Crippen LogP contribution in [0.3, 0.4) is 0 Å². The van der Waals surface area contributed by atoms with Gasteiger partial charge in [-0.15, -0.1) is 12.6 Å². The molecule has 0 unspecified atom stereocenters. The second-order valence-corrected chi connectivity index (χ2v) is 5.82. The maximum atomic E-state index is 11.1. The summed E-state index contributed by atoms with van der Waals surface area (Å²) in [6, 6.07) is 10.9. The van der Waals surface area contributed by atoms with Gasteiger partial charge in [-0.1, -0.05) is 0 Å². The van der Waals surface area contributed by atoms with Crippen molar-refractivity contribution in [3.8, 4) is 0 Å². The number of nitrogens with two attached hydrogens (primary N) is 1. The summed E-state index contributed by atoms with van der Waals surface area (Å²) in [6.45, 7) is 0. The van der Waals surface area contributed by atoms with Crippen molar-refractivity contribution in [3.05, 3.63) is 42.5 Å². The molecule has 104 valence electrons. The fraction of sp³-hybridized carbons (Fsp3) is 0. The molecule has 0 aliphatic heterocycles. The summed E-state index contributed by atoms with van der Waals surface area (Å²) in [5.41, 5.74) is 6.29. The van der Waals surface area contributed by atoms with Gasteiger partial charge in [-0.25, -0.2) is 0 Å². The van der Waals surface area contributed by atoms with Gasteiger partial charge >= 0.3 is 0 Å². The molecule has 3 N–H and O–H groups in total. The Morgan fingerprint density at radius 3 is 2.15 bits per heavy atom. The summed E-state index contributed by atoms with van der Waals surface area (Å²) in [6.07, 6.45) is 0. The lowest BCUT2D eigenvalue weighted by molar-refractivity contribution is 0.483. The molecule has 0 heterocycles. The van der Waals surface area contributed by atoms with E-state index in [0.717, 1.165) is 11.0 Å². The minimum Gasteiger partial charge on any atom is -0.398 e. The molecule has 0 amide bonds. The Balaban J connectivity index is 2.33. The summed E-state index contributed by atoms with van der Waals surface area (Å²) in [5.74, 6) is 0. The first kappa shape index (κ1) is 14.5. The second kappa shape index (κ2) is 5.61. The quantitative estimate of drug-likeness (QED) is 0.350. The molecule has 0 aliphatic rings. The van der Waals surface area contributed by atoms with Gasteiger partial charge in [0.15, 0.2) is 0 Å². The highest BCUT2D eigenvalue weighted by Gasteiger charge is 2.14. The number of rotatable bonds is 3. The zero-order valence-electron chi connectivity index (χ0n) is 10.1. The average Bonchev–Trinajstić information content (AvgIpc) is 2.38. The van der Waals surface area contributed by atoms with Gasteiger partial charge in [0.25, 0.3) is 10.1 Å². The van der Waals surface area contributed by atoms with Gasteiger partial charge in [-0.05, 0) is 42.5 Å². The maximum Gasteiger partial charge on any atom is 0.296 e. The van der Waals surface area contributed by atoms with Crippen molar-refractivity contribution in [2.24, 2.45) is 10.2 Å². The lowest BCUT2D eigenvalue weighted by Crippen LogP contribution is -2.02. The van der Waals surface area contributed by atoms with Crippen molar-refractivity contribution < 1.29 is 13.0 Å². The third-order valence-electron chi connectivity index (χ3n) is 2.41. The van der Waals surface area contributed by atoms with E-state index in [1.165, 1.54) is 12.1 Å². The van der Waals surface area contributed by atoms with E-state index in [1.807, 2.05) is 0 Å². The summed E-state index contributed by atoms with van der Waals surface area (Å²) in [7, 11) is -4.38. The molecule has 20 heavy (non-hydrogen) atoms. The van der Waals surface area contributed by atoms with Gasteiger partial charge in [-0.3, -0.25) is 4.55 Å². The SMILES string of the molecule is Nc1ccc(N=Nc2ccc(S)cc2)cc1S(=O)(=O)O. The van der Waals surface area contributed by atoms with Crippen molar-refractivity contribution in [3.63, 3.8) is 0 Å². The third kappa shape index (κ3) is 3.56. The van der Waals surface area contributed by atoms with Gasteiger partial charge in [0.2, 0.25) is 0 Å². The molecule has 0 atom stereocenters. The van der Waals surface area contributed by atoms with Crippen LogP contribution in [0.15, 0.2) is 62.5 Å². The zero-order chi connectivity index (χ0) is 14.8. The summed E-state index contributed by atoms with van der Waals surface area (Å²) in [5, 5.41) is 7.83. The molecule has 0 aromatic heterocycles. The minimum absolute atomic E-state index is 0.0501. The van der Waals surface area contributed by atoms with E-state index in [-0.39, 0.29) is 16.3 Å². The van der Waals surface area contributed by atoms with Crippen LogP contribution in [0, 0.1) is 0 Å². The molecule has 0 radical (unpaired) electrons. The highest BCUT2D eigenvalue weighted by Crippen LogP contribution is 2.26. The van der Waals surface area contributed by atoms with Gasteiger partial charge < -0.3 is 5.73 Å². The largest absolute Gasteiger partial charge is 0.398 e. The molecule has 2 aromatic carbocycles. The predicted molar refractivity (Wildman–Crippen MR) is 78.5 cm³/mol. The molecular weight excluding hydrogens is 298 g/mol. The van der Waals surface area contributed by atoms with E-state index in [0.29, 0.717) is 5.69 Å². The first-order chi connectivity index (χ1) is 9.36. The first-order valence-electron chi connectivity index (χ1n) is 5.44. The van der Waals surface area contributed by atoms with Gasteiger partial charge in [-0.2, -0.15) is 18.6 Å². The third-order valence-corrected chi connectivity index (χ3v) is 3.61. The topological polar surface area (TPSA) is 105 Å². The molecule has 8 heteroatoms. The van der Waals surface area contributed by atoms with Crippen LogP contribution in [0.4, 0.5) is 17.1 Å². The van der Waals surface area contributed by atoms with Crippen LogP contribution in [-0.4, -0.2) is 13.0 Å². The Bertz CT molecular complexity index is 756. The molecule has 0 fully saturated rings. The van der Waals surface area contributed by atoms with E-state index in [1.54, 1.807) is 24.3 Å². The van der Waals surface area contributed by atoms with Gasteiger partial charge in [0.05, 0.1) is 17.1 Å². The summed E-state index contributed by atoms with van der Waals surface area (Å²) < 4.78 is 31.2. The number of nitrogen functional groups attached to an aromatic ring is 1. The van der Waals surface area contributed by atoms with Crippen molar-refractivity contribution in [2.75, 3.05) is 5.73 Å².